The monoisotopic (exact) mass is 291 g/mol. The van der Waals surface area contributed by atoms with Crippen LogP contribution in [0, 0.1) is 17.8 Å². The zero-order chi connectivity index (χ0) is 15.6. The third kappa shape index (κ3) is 3.17. The number of rotatable bonds is 4. The molecule has 1 unspecified atom stereocenters. The van der Waals surface area contributed by atoms with Gasteiger partial charge in [-0.2, -0.15) is 0 Å². The van der Waals surface area contributed by atoms with Crippen LogP contribution in [-0.4, -0.2) is 29.1 Å². The van der Waals surface area contributed by atoms with Gasteiger partial charge in [0.15, 0.2) is 0 Å². The maximum absolute atomic E-state index is 12.6. The van der Waals surface area contributed by atoms with Gasteiger partial charge in [0.2, 0.25) is 5.91 Å². The number of carboxylic acid groups (broad SMARTS) is 1. The average molecular weight is 291 g/mol. The van der Waals surface area contributed by atoms with Crippen LogP contribution in [0.4, 0.5) is 5.69 Å². The number of phenols is 1. The summed E-state index contributed by atoms with van der Waals surface area (Å²) in [5, 5.41) is 18.8. The van der Waals surface area contributed by atoms with Crippen molar-refractivity contribution in [2.45, 2.75) is 26.2 Å². The minimum Gasteiger partial charge on any atom is -0.508 e. The Labute approximate surface area is 124 Å². The Hall–Kier alpha value is -2.04. The minimum atomic E-state index is -0.895. The van der Waals surface area contributed by atoms with Crippen molar-refractivity contribution in [3.63, 3.8) is 0 Å². The van der Waals surface area contributed by atoms with Crippen molar-refractivity contribution >= 4 is 17.6 Å². The van der Waals surface area contributed by atoms with Crippen molar-refractivity contribution in [2.75, 3.05) is 11.9 Å². The van der Waals surface area contributed by atoms with Crippen LogP contribution in [0.15, 0.2) is 24.3 Å². The van der Waals surface area contributed by atoms with Gasteiger partial charge in [0.05, 0.1) is 11.8 Å². The summed E-state index contributed by atoms with van der Waals surface area (Å²) in [5.41, 5.74) is 0.573. The number of nitrogens with zero attached hydrogens (tertiary/aromatic N) is 1. The average Bonchev–Trinajstić information content (AvgIpc) is 2.90. The first-order chi connectivity index (χ1) is 9.93. The van der Waals surface area contributed by atoms with E-state index in [-0.39, 0.29) is 17.6 Å². The van der Waals surface area contributed by atoms with Gasteiger partial charge in [-0.3, -0.25) is 9.59 Å². The zero-order valence-corrected chi connectivity index (χ0v) is 12.3. The highest BCUT2D eigenvalue weighted by Crippen LogP contribution is 2.39. The second-order valence-electron chi connectivity index (χ2n) is 5.71. The van der Waals surface area contributed by atoms with E-state index in [4.69, 9.17) is 0 Å². The molecule has 3 atom stereocenters. The van der Waals surface area contributed by atoms with Crippen LogP contribution in [0.3, 0.4) is 0 Å². The van der Waals surface area contributed by atoms with Crippen molar-refractivity contribution in [2.24, 2.45) is 17.8 Å². The van der Waals surface area contributed by atoms with E-state index in [1.807, 2.05) is 6.92 Å². The lowest BCUT2D eigenvalue weighted by Crippen LogP contribution is -2.36. The summed E-state index contributed by atoms with van der Waals surface area (Å²) >= 11 is 0. The molecule has 1 aliphatic carbocycles. The van der Waals surface area contributed by atoms with E-state index >= 15 is 0 Å². The maximum Gasteiger partial charge on any atom is 0.307 e. The molecule has 1 amide bonds. The van der Waals surface area contributed by atoms with Crippen LogP contribution in [0.25, 0.3) is 0 Å². The van der Waals surface area contributed by atoms with Crippen molar-refractivity contribution < 1.29 is 19.8 Å². The standard InChI is InChI=1S/C16H21NO4/c1-3-10-7-13(14(8-10)16(20)21)15(19)17(2)11-5-4-6-12(18)9-11/h4-6,9-10,13-14,18H,3,7-8H2,1-2H3,(H,20,21)/t10?,13-,14+/m0/s1. The lowest BCUT2D eigenvalue weighted by atomic mass is 9.94. The predicted molar refractivity (Wildman–Crippen MR) is 79.1 cm³/mol. The molecule has 1 aliphatic rings. The van der Waals surface area contributed by atoms with Crippen LogP contribution in [0.1, 0.15) is 26.2 Å². The fourth-order valence-electron chi connectivity index (χ4n) is 3.10. The van der Waals surface area contributed by atoms with Crippen molar-refractivity contribution in [3.8, 4) is 5.75 Å². The molecule has 5 nitrogen and oxygen atoms in total. The second kappa shape index (κ2) is 6.16. The van der Waals surface area contributed by atoms with E-state index in [1.54, 1.807) is 19.2 Å². The number of carbonyl (C=O) groups excluding carboxylic acids is 1. The van der Waals surface area contributed by atoms with Gasteiger partial charge in [0.25, 0.3) is 0 Å². The molecule has 2 N–H and O–H groups in total. The molecular formula is C16H21NO4. The normalized spacial score (nSPS) is 24.8. The number of anilines is 1. The molecular weight excluding hydrogens is 270 g/mol. The molecule has 0 aliphatic heterocycles. The van der Waals surface area contributed by atoms with E-state index in [0.717, 1.165) is 6.42 Å². The molecule has 5 heteroatoms. The van der Waals surface area contributed by atoms with Gasteiger partial charge >= 0.3 is 5.97 Å². The summed E-state index contributed by atoms with van der Waals surface area (Å²) in [5.74, 6) is -1.81. The maximum atomic E-state index is 12.6. The zero-order valence-electron chi connectivity index (χ0n) is 12.3. The first-order valence-electron chi connectivity index (χ1n) is 7.23. The van der Waals surface area contributed by atoms with Crippen LogP contribution < -0.4 is 4.90 Å². The highest BCUT2D eigenvalue weighted by molar-refractivity contribution is 5.97. The summed E-state index contributed by atoms with van der Waals surface area (Å²) in [7, 11) is 1.62. The lowest BCUT2D eigenvalue weighted by Gasteiger charge is -2.23. The minimum absolute atomic E-state index is 0.0831. The molecule has 0 bridgehead atoms. The number of benzene rings is 1. The van der Waals surface area contributed by atoms with Gasteiger partial charge < -0.3 is 15.1 Å². The van der Waals surface area contributed by atoms with Crippen LogP contribution in [0.2, 0.25) is 0 Å². The van der Waals surface area contributed by atoms with E-state index in [0.29, 0.717) is 18.5 Å². The Morgan fingerprint density at radius 2 is 1.95 bits per heavy atom. The molecule has 0 saturated heterocycles. The van der Waals surface area contributed by atoms with Gasteiger partial charge in [-0.25, -0.2) is 0 Å². The van der Waals surface area contributed by atoms with Crippen molar-refractivity contribution in [1.29, 1.82) is 0 Å². The SMILES string of the molecule is CCC1C[C@H](C(=O)N(C)c2cccc(O)c2)[C@H](C(=O)O)C1. The molecule has 1 saturated carbocycles. The van der Waals surface area contributed by atoms with Gasteiger partial charge in [-0.15, -0.1) is 0 Å². The molecule has 21 heavy (non-hydrogen) atoms. The van der Waals surface area contributed by atoms with Gasteiger partial charge in [0, 0.05) is 18.8 Å². The van der Waals surface area contributed by atoms with Crippen molar-refractivity contribution in [3.05, 3.63) is 24.3 Å². The van der Waals surface area contributed by atoms with Gasteiger partial charge in [-0.05, 0) is 30.9 Å². The highest BCUT2D eigenvalue weighted by Gasteiger charge is 2.43. The third-order valence-electron chi connectivity index (χ3n) is 4.42. The first-order valence-corrected chi connectivity index (χ1v) is 7.23. The summed E-state index contributed by atoms with van der Waals surface area (Å²) in [6.45, 7) is 2.02. The molecule has 1 aromatic rings. The molecule has 1 aromatic carbocycles. The molecule has 0 heterocycles. The number of carboxylic acids is 1. The van der Waals surface area contributed by atoms with E-state index in [9.17, 15) is 19.8 Å². The lowest BCUT2D eigenvalue weighted by molar-refractivity contribution is -0.145. The third-order valence-corrected chi connectivity index (χ3v) is 4.42. The molecule has 0 spiro atoms. The van der Waals surface area contributed by atoms with Crippen LogP contribution >= 0.6 is 0 Å². The predicted octanol–water partition coefficient (Wildman–Crippen LogP) is 2.49. The number of phenolic OH excluding ortho intramolecular Hbond substituents is 1. The van der Waals surface area contributed by atoms with Crippen LogP contribution in [-0.2, 0) is 9.59 Å². The summed E-state index contributed by atoms with van der Waals surface area (Å²) in [6.07, 6.45) is 2.08. The van der Waals surface area contributed by atoms with E-state index in [2.05, 4.69) is 0 Å². The number of aliphatic carboxylic acids is 1. The molecule has 114 valence electrons. The smallest absolute Gasteiger partial charge is 0.307 e. The quantitative estimate of drug-likeness (QED) is 0.893. The van der Waals surface area contributed by atoms with Crippen molar-refractivity contribution in [1.82, 2.24) is 0 Å². The molecule has 2 rings (SSSR count). The first kappa shape index (κ1) is 15.4. The topological polar surface area (TPSA) is 77.8 Å². The van der Waals surface area contributed by atoms with E-state index in [1.165, 1.54) is 17.0 Å². The Bertz CT molecular complexity index is 543. The Balaban J connectivity index is 2.19. The number of aromatic hydroxyl groups is 1. The van der Waals surface area contributed by atoms with Gasteiger partial charge in [-0.1, -0.05) is 19.4 Å². The highest BCUT2D eigenvalue weighted by atomic mass is 16.4. The molecule has 0 aromatic heterocycles. The number of hydrogen-bond donors (Lipinski definition) is 2. The Morgan fingerprint density at radius 1 is 1.29 bits per heavy atom. The van der Waals surface area contributed by atoms with Crippen LogP contribution in [0.5, 0.6) is 5.75 Å². The summed E-state index contributed by atoms with van der Waals surface area (Å²) < 4.78 is 0. The number of amides is 1. The summed E-state index contributed by atoms with van der Waals surface area (Å²) in [4.78, 5) is 25.4. The Morgan fingerprint density at radius 3 is 2.52 bits per heavy atom. The van der Waals surface area contributed by atoms with Gasteiger partial charge in [0.1, 0.15) is 5.75 Å². The fraction of sp³-hybridized carbons (Fsp3) is 0.500. The van der Waals surface area contributed by atoms with E-state index < -0.39 is 17.8 Å². The Kier molecular flexibility index (Phi) is 4.50. The largest absolute Gasteiger partial charge is 0.508 e. The second-order valence-corrected chi connectivity index (χ2v) is 5.71. The molecule has 0 radical (unpaired) electrons. The number of carbonyl (C=O) groups is 2. The molecule has 1 fully saturated rings. The summed E-state index contributed by atoms with van der Waals surface area (Å²) in [6, 6.07) is 6.41. The fourth-order valence-corrected chi connectivity index (χ4v) is 3.10. The number of hydrogen-bond acceptors (Lipinski definition) is 3.